The third kappa shape index (κ3) is 2.80. The fraction of sp³-hybridized carbons (Fsp3) is 0.143. The maximum Gasteiger partial charge on any atom is 0.176 e. The Kier molecular flexibility index (Phi) is 3.83. The summed E-state index contributed by atoms with van der Waals surface area (Å²) in [7, 11) is 0. The number of fused-ring (bicyclic) bond motifs is 1. The van der Waals surface area contributed by atoms with Gasteiger partial charge in [-0.1, -0.05) is 66.7 Å². The molecule has 0 bridgehead atoms. The molecule has 0 spiro atoms. The Bertz CT molecular complexity index is 876. The van der Waals surface area contributed by atoms with Gasteiger partial charge in [0.2, 0.25) is 0 Å². The Hall–Kier alpha value is -2.74. The van der Waals surface area contributed by atoms with Crippen molar-refractivity contribution in [3.8, 4) is 0 Å². The summed E-state index contributed by atoms with van der Waals surface area (Å²) in [5.41, 5.74) is 0.0358. The molecule has 0 radical (unpaired) electrons. The molecule has 3 rings (SSSR count). The molecule has 3 aromatic rings. The number of rotatable bonds is 4. The van der Waals surface area contributed by atoms with Crippen LogP contribution in [0.1, 0.15) is 34.6 Å². The fourth-order valence-corrected chi connectivity index (χ4v) is 2.74. The van der Waals surface area contributed by atoms with E-state index in [0.29, 0.717) is 11.1 Å². The van der Waals surface area contributed by atoms with Gasteiger partial charge in [0.15, 0.2) is 11.6 Å². The van der Waals surface area contributed by atoms with Crippen LogP contribution in [0.5, 0.6) is 0 Å². The Morgan fingerprint density at radius 3 is 1.91 bits per heavy atom. The van der Waals surface area contributed by atoms with E-state index in [1.54, 1.807) is 32.0 Å². The van der Waals surface area contributed by atoms with E-state index in [1.165, 1.54) is 0 Å². The predicted octanol–water partition coefficient (Wildman–Crippen LogP) is 4.93. The summed E-state index contributed by atoms with van der Waals surface area (Å²) in [6.07, 6.45) is 0. The second-order valence-corrected chi connectivity index (χ2v) is 6.21. The largest absolute Gasteiger partial charge is 0.293 e. The molecule has 114 valence electrons. The van der Waals surface area contributed by atoms with E-state index in [9.17, 15) is 9.59 Å². The molecule has 3 aromatic carbocycles. The minimum absolute atomic E-state index is 0.155. The Morgan fingerprint density at radius 2 is 1.22 bits per heavy atom. The maximum atomic E-state index is 12.9. The Balaban J connectivity index is 1.98. The molecule has 0 saturated heterocycles. The number of benzene rings is 3. The molecule has 0 heterocycles. The second-order valence-electron chi connectivity index (χ2n) is 6.21. The monoisotopic (exact) mass is 302 g/mol. The first kappa shape index (κ1) is 15.2. The van der Waals surface area contributed by atoms with Crippen LogP contribution in [0.15, 0.2) is 72.8 Å². The first-order valence-electron chi connectivity index (χ1n) is 7.63. The Morgan fingerprint density at radius 1 is 0.652 bits per heavy atom. The molecule has 0 aromatic heterocycles. The third-order valence-corrected chi connectivity index (χ3v) is 4.18. The van der Waals surface area contributed by atoms with Gasteiger partial charge >= 0.3 is 0 Å². The average molecular weight is 302 g/mol. The third-order valence-electron chi connectivity index (χ3n) is 4.18. The number of carbonyl (C=O) groups excluding carboxylic acids is 2. The lowest BCUT2D eigenvalue weighted by Crippen LogP contribution is -2.33. The molecule has 0 aliphatic carbocycles. The van der Waals surface area contributed by atoms with Crippen LogP contribution in [0.4, 0.5) is 0 Å². The normalized spacial score (nSPS) is 11.4. The molecule has 0 aliphatic heterocycles. The van der Waals surface area contributed by atoms with Crippen LogP contribution >= 0.6 is 0 Å². The molecule has 0 atom stereocenters. The van der Waals surface area contributed by atoms with Crippen LogP contribution in [0.25, 0.3) is 10.8 Å². The summed E-state index contributed by atoms with van der Waals surface area (Å²) in [5, 5.41) is 2.08. The second kappa shape index (κ2) is 5.81. The molecule has 0 amide bonds. The van der Waals surface area contributed by atoms with Crippen LogP contribution < -0.4 is 0 Å². The summed E-state index contributed by atoms with van der Waals surface area (Å²) < 4.78 is 0. The van der Waals surface area contributed by atoms with Crippen LogP contribution in [-0.4, -0.2) is 11.6 Å². The van der Waals surface area contributed by atoms with E-state index in [1.807, 2.05) is 54.6 Å². The lowest BCUT2D eigenvalue weighted by Gasteiger charge is -2.22. The zero-order chi connectivity index (χ0) is 16.4. The number of hydrogen-bond acceptors (Lipinski definition) is 2. The van der Waals surface area contributed by atoms with Crippen molar-refractivity contribution in [3.63, 3.8) is 0 Å². The summed E-state index contributed by atoms with van der Waals surface area (Å²) in [6.45, 7) is 3.39. The molecule has 2 nitrogen and oxygen atoms in total. The molecule has 0 aliphatic rings. The van der Waals surface area contributed by atoms with Crippen molar-refractivity contribution in [2.45, 2.75) is 13.8 Å². The van der Waals surface area contributed by atoms with E-state index in [2.05, 4.69) is 0 Å². The highest BCUT2D eigenvalue weighted by Crippen LogP contribution is 2.28. The van der Waals surface area contributed by atoms with Crippen LogP contribution in [0.2, 0.25) is 0 Å². The lowest BCUT2D eigenvalue weighted by molar-refractivity contribution is 0.0711. The van der Waals surface area contributed by atoms with E-state index < -0.39 is 5.41 Å². The fourth-order valence-electron chi connectivity index (χ4n) is 2.74. The molecule has 0 unspecified atom stereocenters. The highest BCUT2D eigenvalue weighted by Gasteiger charge is 2.36. The number of Topliss-reactive ketones (excluding diaryl/α,β-unsaturated/α-hetero) is 2. The predicted molar refractivity (Wildman–Crippen MR) is 92.8 cm³/mol. The van der Waals surface area contributed by atoms with E-state index in [4.69, 9.17) is 0 Å². The van der Waals surface area contributed by atoms with Gasteiger partial charge in [0, 0.05) is 11.1 Å². The molecule has 2 heteroatoms. The topological polar surface area (TPSA) is 34.1 Å². The van der Waals surface area contributed by atoms with Crippen LogP contribution in [0, 0.1) is 5.41 Å². The maximum absolute atomic E-state index is 12.9. The van der Waals surface area contributed by atoms with Crippen molar-refractivity contribution in [3.05, 3.63) is 83.9 Å². The molecule has 0 fully saturated rings. The van der Waals surface area contributed by atoms with Gasteiger partial charge in [0.05, 0.1) is 5.41 Å². The minimum Gasteiger partial charge on any atom is -0.293 e. The average Bonchev–Trinajstić information content (AvgIpc) is 2.60. The zero-order valence-electron chi connectivity index (χ0n) is 13.2. The Labute approximate surface area is 135 Å². The molecular weight excluding hydrogens is 284 g/mol. The van der Waals surface area contributed by atoms with Crippen molar-refractivity contribution in [2.24, 2.45) is 5.41 Å². The minimum atomic E-state index is -1.09. The number of carbonyl (C=O) groups is 2. The first-order chi connectivity index (χ1) is 11.0. The lowest BCUT2D eigenvalue weighted by atomic mass is 9.77. The SMILES string of the molecule is CC(C)(C(=O)c1ccccc1)C(=O)c1ccc2ccccc2c1. The van der Waals surface area contributed by atoms with Crippen molar-refractivity contribution in [1.82, 2.24) is 0 Å². The highest BCUT2D eigenvalue weighted by molar-refractivity contribution is 6.19. The summed E-state index contributed by atoms with van der Waals surface area (Å²) in [6, 6.07) is 22.4. The summed E-state index contributed by atoms with van der Waals surface area (Å²) in [5.74, 6) is -0.312. The van der Waals surface area contributed by atoms with Crippen molar-refractivity contribution < 1.29 is 9.59 Å². The molecule has 23 heavy (non-hydrogen) atoms. The number of ketones is 2. The van der Waals surface area contributed by atoms with E-state index in [-0.39, 0.29) is 11.6 Å². The summed E-state index contributed by atoms with van der Waals surface area (Å²) >= 11 is 0. The zero-order valence-corrected chi connectivity index (χ0v) is 13.2. The van der Waals surface area contributed by atoms with Crippen molar-refractivity contribution in [2.75, 3.05) is 0 Å². The summed E-state index contributed by atoms with van der Waals surface area (Å²) in [4.78, 5) is 25.6. The standard InChI is InChI=1S/C21H18O2/c1-21(2,19(22)16-9-4-3-5-10-16)20(23)18-13-12-15-8-6-7-11-17(15)14-18/h3-14H,1-2H3. The van der Waals surface area contributed by atoms with Gasteiger partial charge < -0.3 is 0 Å². The van der Waals surface area contributed by atoms with E-state index in [0.717, 1.165) is 10.8 Å². The molecule has 0 N–H and O–H groups in total. The van der Waals surface area contributed by atoms with E-state index >= 15 is 0 Å². The van der Waals surface area contributed by atoms with Gasteiger partial charge in [0.25, 0.3) is 0 Å². The van der Waals surface area contributed by atoms with Gasteiger partial charge in [-0.05, 0) is 30.7 Å². The van der Waals surface area contributed by atoms with Gasteiger partial charge in [-0.15, -0.1) is 0 Å². The van der Waals surface area contributed by atoms with Crippen molar-refractivity contribution >= 4 is 22.3 Å². The van der Waals surface area contributed by atoms with Crippen LogP contribution in [-0.2, 0) is 0 Å². The van der Waals surface area contributed by atoms with Gasteiger partial charge in [-0.25, -0.2) is 0 Å². The highest BCUT2D eigenvalue weighted by atomic mass is 16.2. The first-order valence-corrected chi connectivity index (χ1v) is 7.63. The molecule has 0 saturated carbocycles. The van der Waals surface area contributed by atoms with Crippen molar-refractivity contribution in [1.29, 1.82) is 0 Å². The van der Waals surface area contributed by atoms with Gasteiger partial charge in [-0.3, -0.25) is 9.59 Å². The van der Waals surface area contributed by atoms with Crippen LogP contribution in [0.3, 0.4) is 0 Å². The number of hydrogen-bond donors (Lipinski definition) is 0. The van der Waals surface area contributed by atoms with Gasteiger partial charge in [-0.2, -0.15) is 0 Å². The molecular formula is C21H18O2. The van der Waals surface area contributed by atoms with Gasteiger partial charge in [0.1, 0.15) is 0 Å². The smallest absolute Gasteiger partial charge is 0.176 e. The quantitative estimate of drug-likeness (QED) is 0.506.